The van der Waals surface area contributed by atoms with Crippen LogP contribution in [0.5, 0.6) is 0 Å². The molecule has 0 aromatic carbocycles. The van der Waals surface area contributed by atoms with Crippen LogP contribution in [0.25, 0.3) is 0 Å². The number of thiophene rings is 1. The van der Waals surface area contributed by atoms with Crippen LogP contribution in [0.2, 0.25) is 0 Å². The number of hydrogen-bond donors (Lipinski definition) is 1. The maximum Gasteiger partial charge on any atom is 0.258 e. The van der Waals surface area contributed by atoms with Crippen LogP contribution >= 0.6 is 22.7 Å². The number of aromatic nitrogens is 2. The van der Waals surface area contributed by atoms with E-state index in [2.05, 4.69) is 15.5 Å². The summed E-state index contributed by atoms with van der Waals surface area (Å²) in [6, 6.07) is 1.83. The van der Waals surface area contributed by atoms with Crippen molar-refractivity contribution in [2.45, 2.75) is 43.9 Å². The summed E-state index contributed by atoms with van der Waals surface area (Å²) in [6.07, 6.45) is 8.14. The average molecular weight is 345 g/mol. The van der Waals surface area contributed by atoms with Gasteiger partial charge in [0, 0.05) is 10.8 Å². The molecule has 0 unspecified atom stereocenters. The molecule has 4 bridgehead atoms. The zero-order valence-corrected chi connectivity index (χ0v) is 14.5. The number of nitrogens with one attached hydrogen (secondary N) is 1. The third-order valence-corrected chi connectivity index (χ3v) is 7.69. The molecule has 4 fully saturated rings. The van der Waals surface area contributed by atoms with Crippen LogP contribution in [0.1, 0.15) is 53.9 Å². The first kappa shape index (κ1) is 14.1. The van der Waals surface area contributed by atoms with E-state index >= 15 is 0 Å². The zero-order chi connectivity index (χ0) is 15.4. The van der Waals surface area contributed by atoms with Gasteiger partial charge in [-0.05, 0) is 67.7 Å². The highest BCUT2D eigenvalue weighted by molar-refractivity contribution is 7.15. The maximum absolute atomic E-state index is 12.2. The second-order valence-corrected chi connectivity index (χ2v) is 9.33. The molecule has 1 amide bonds. The Labute approximate surface area is 143 Å². The summed E-state index contributed by atoms with van der Waals surface area (Å²) in [4.78, 5) is 12.2. The number of nitrogens with zero attached hydrogens (tertiary/aromatic N) is 2. The van der Waals surface area contributed by atoms with Gasteiger partial charge in [-0.1, -0.05) is 11.3 Å². The SMILES string of the molecule is O=C(Nc1nnc(C23CC4CC(CC(C4)C2)C3)s1)c1ccsc1. The summed E-state index contributed by atoms with van der Waals surface area (Å²) in [5.41, 5.74) is 0.958. The van der Waals surface area contributed by atoms with Gasteiger partial charge in [0.2, 0.25) is 5.13 Å². The van der Waals surface area contributed by atoms with Gasteiger partial charge in [-0.15, -0.1) is 10.2 Å². The van der Waals surface area contributed by atoms with E-state index in [0.29, 0.717) is 10.7 Å². The Balaban J connectivity index is 1.38. The molecule has 1 N–H and O–H groups in total. The van der Waals surface area contributed by atoms with E-state index in [0.717, 1.165) is 22.8 Å². The smallest absolute Gasteiger partial charge is 0.258 e. The number of carbonyl (C=O) groups excluding carboxylic acids is 1. The Hall–Kier alpha value is -1.27. The maximum atomic E-state index is 12.2. The van der Waals surface area contributed by atoms with Gasteiger partial charge in [0.05, 0.1) is 5.56 Å². The normalized spacial score (nSPS) is 34.7. The lowest BCUT2D eigenvalue weighted by molar-refractivity contribution is -0.00555. The van der Waals surface area contributed by atoms with Gasteiger partial charge in [-0.25, -0.2) is 0 Å². The first-order chi connectivity index (χ1) is 11.2. The standard InChI is InChI=1S/C17H19N3OS2/c21-14(13-1-2-22-9-13)18-16-20-19-15(23-16)17-6-10-3-11(7-17)5-12(4-10)8-17/h1-2,9-12H,3-8H2,(H,18,20,21). The van der Waals surface area contributed by atoms with Crippen LogP contribution in [-0.2, 0) is 5.41 Å². The molecule has 0 atom stereocenters. The molecule has 2 heterocycles. The van der Waals surface area contributed by atoms with Crippen molar-refractivity contribution in [2.24, 2.45) is 17.8 Å². The Bertz CT molecular complexity index is 702. The van der Waals surface area contributed by atoms with E-state index in [1.165, 1.54) is 49.9 Å². The van der Waals surface area contributed by atoms with E-state index in [1.54, 1.807) is 11.3 Å². The minimum Gasteiger partial charge on any atom is -0.296 e. The quantitative estimate of drug-likeness (QED) is 0.901. The summed E-state index contributed by atoms with van der Waals surface area (Å²) >= 11 is 3.13. The molecule has 6 rings (SSSR count). The molecule has 4 saturated carbocycles. The van der Waals surface area contributed by atoms with Gasteiger partial charge in [0.15, 0.2) is 0 Å². The summed E-state index contributed by atoms with van der Waals surface area (Å²) in [6.45, 7) is 0. The van der Waals surface area contributed by atoms with Gasteiger partial charge in [-0.3, -0.25) is 10.1 Å². The lowest BCUT2D eigenvalue weighted by Gasteiger charge is -2.55. The van der Waals surface area contributed by atoms with E-state index in [4.69, 9.17) is 0 Å². The Morgan fingerprint density at radius 3 is 2.43 bits per heavy atom. The lowest BCUT2D eigenvalue weighted by Crippen LogP contribution is -2.48. The van der Waals surface area contributed by atoms with Gasteiger partial charge < -0.3 is 0 Å². The highest BCUT2D eigenvalue weighted by Gasteiger charge is 2.53. The Morgan fingerprint density at radius 2 is 1.83 bits per heavy atom. The molecule has 0 spiro atoms. The van der Waals surface area contributed by atoms with Gasteiger partial charge in [0.25, 0.3) is 5.91 Å². The third-order valence-electron chi connectivity index (χ3n) is 5.92. The van der Waals surface area contributed by atoms with Crippen molar-refractivity contribution in [3.05, 3.63) is 27.4 Å². The Kier molecular flexibility index (Phi) is 3.14. The second kappa shape index (κ2) is 5.11. The predicted molar refractivity (Wildman–Crippen MR) is 92.0 cm³/mol. The van der Waals surface area contributed by atoms with Crippen LogP contribution in [-0.4, -0.2) is 16.1 Å². The Morgan fingerprint density at radius 1 is 1.13 bits per heavy atom. The lowest BCUT2D eigenvalue weighted by atomic mass is 9.50. The number of hydrogen-bond acceptors (Lipinski definition) is 5. The number of carbonyl (C=O) groups is 1. The third kappa shape index (κ3) is 2.34. The minimum atomic E-state index is -0.0838. The van der Waals surface area contributed by atoms with Crippen molar-refractivity contribution in [3.8, 4) is 0 Å². The zero-order valence-electron chi connectivity index (χ0n) is 12.8. The van der Waals surface area contributed by atoms with Crippen LogP contribution in [0.3, 0.4) is 0 Å². The highest BCUT2D eigenvalue weighted by Crippen LogP contribution is 2.61. The summed E-state index contributed by atoms with van der Waals surface area (Å²) in [7, 11) is 0. The summed E-state index contributed by atoms with van der Waals surface area (Å²) in [5, 5.41) is 17.2. The van der Waals surface area contributed by atoms with Crippen molar-refractivity contribution in [2.75, 3.05) is 5.32 Å². The van der Waals surface area contributed by atoms with E-state index in [1.807, 2.05) is 16.8 Å². The van der Waals surface area contributed by atoms with Crippen molar-refractivity contribution in [1.29, 1.82) is 0 Å². The minimum absolute atomic E-state index is 0.0838. The molecule has 2 aromatic rings. The molecule has 0 saturated heterocycles. The van der Waals surface area contributed by atoms with E-state index < -0.39 is 0 Å². The largest absolute Gasteiger partial charge is 0.296 e. The monoisotopic (exact) mass is 345 g/mol. The molecule has 6 heteroatoms. The molecule has 120 valence electrons. The molecular weight excluding hydrogens is 326 g/mol. The number of amides is 1. The fraction of sp³-hybridized carbons (Fsp3) is 0.588. The fourth-order valence-corrected chi connectivity index (χ4v) is 7.02. The van der Waals surface area contributed by atoms with Crippen LogP contribution < -0.4 is 5.32 Å². The first-order valence-corrected chi connectivity index (χ1v) is 10.1. The van der Waals surface area contributed by atoms with Crippen LogP contribution in [0.15, 0.2) is 16.8 Å². The second-order valence-electron chi connectivity index (χ2n) is 7.58. The molecule has 2 aromatic heterocycles. The van der Waals surface area contributed by atoms with Crippen LogP contribution in [0, 0.1) is 17.8 Å². The fourth-order valence-electron chi connectivity index (χ4n) is 5.42. The summed E-state index contributed by atoms with van der Waals surface area (Å²) in [5.74, 6) is 2.61. The topological polar surface area (TPSA) is 54.9 Å². The van der Waals surface area contributed by atoms with E-state index in [9.17, 15) is 4.79 Å². The van der Waals surface area contributed by atoms with Crippen molar-refractivity contribution < 1.29 is 4.79 Å². The predicted octanol–water partition coefficient (Wildman–Crippen LogP) is 4.32. The highest BCUT2D eigenvalue weighted by atomic mass is 32.1. The number of rotatable bonds is 3. The molecule has 23 heavy (non-hydrogen) atoms. The van der Waals surface area contributed by atoms with E-state index in [-0.39, 0.29) is 11.3 Å². The van der Waals surface area contributed by atoms with Gasteiger partial charge in [-0.2, -0.15) is 11.3 Å². The van der Waals surface area contributed by atoms with Crippen molar-refractivity contribution in [3.63, 3.8) is 0 Å². The van der Waals surface area contributed by atoms with Crippen molar-refractivity contribution in [1.82, 2.24) is 10.2 Å². The molecule has 4 nitrogen and oxygen atoms in total. The number of anilines is 1. The first-order valence-electron chi connectivity index (χ1n) is 8.38. The average Bonchev–Trinajstić information content (AvgIpc) is 3.17. The molecule has 0 radical (unpaired) electrons. The molecule has 4 aliphatic carbocycles. The molecular formula is C17H19N3OS2. The molecule has 4 aliphatic rings. The van der Waals surface area contributed by atoms with Crippen molar-refractivity contribution >= 4 is 33.7 Å². The van der Waals surface area contributed by atoms with Crippen LogP contribution in [0.4, 0.5) is 5.13 Å². The van der Waals surface area contributed by atoms with Gasteiger partial charge >= 0.3 is 0 Å². The molecule has 0 aliphatic heterocycles. The van der Waals surface area contributed by atoms with Gasteiger partial charge in [0.1, 0.15) is 5.01 Å². The summed E-state index contributed by atoms with van der Waals surface area (Å²) < 4.78 is 0.